The molecular weight excluding hydrogens is 327 g/mol. The second kappa shape index (κ2) is 6.04. The van der Waals surface area contributed by atoms with E-state index in [0.717, 1.165) is 6.42 Å². The maximum Gasteiger partial charge on any atom is 0.372 e. The Labute approximate surface area is 142 Å². The van der Waals surface area contributed by atoms with E-state index in [1.807, 2.05) is 0 Å². The van der Waals surface area contributed by atoms with Gasteiger partial charge in [-0.05, 0) is 42.0 Å². The van der Waals surface area contributed by atoms with Crippen molar-refractivity contribution in [1.82, 2.24) is 9.38 Å². The molecule has 1 aromatic carbocycles. The van der Waals surface area contributed by atoms with Gasteiger partial charge < -0.3 is 20.2 Å². The average molecular weight is 342 g/mol. The minimum absolute atomic E-state index is 0.140. The lowest BCUT2D eigenvalue weighted by molar-refractivity contribution is -0.389. The van der Waals surface area contributed by atoms with E-state index in [1.165, 1.54) is 16.5 Å². The molecule has 0 fully saturated rings. The number of ether oxygens (including phenoxy) is 1. The van der Waals surface area contributed by atoms with Gasteiger partial charge in [-0.2, -0.15) is 9.38 Å². The fraction of sp³-hybridized carbons (Fsp3) is 0.235. The molecule has 0 bridgehead atoms. The first kappa shape index (κ1) is 15.4. The fourth-order valence-corrected chi connectivity index (χ4v) is 3.12. The van der Waals surface area contributed by atoms with Crippen molar-refractivity contribution in [2.45, 2.75) is 18.9 Å². The zero-order valence-corrected chi connectivity index (χ0v) is 13.2. The maximum atomic E-state index is 13.7. The van der Waals surface area contributed by atoms with Crippen LogP contribution in [0.1, 0.15) is 24.4 Å². The van der Waals surface area contributed by atoms with Crippen LogP contribution in [0.2, 0.25) is 0 Å². The summed E-state index contributed by atoms with van der Waals surface area (Å²) in [6.45, 7) is 0.518. The molecule has 0 saturated heterocycles. The van der Waals surface area contributed by atoms with E-state index in [1.54, 1.807) is 30.5 Å². The molecule has 3 aromatic rings. The maximum absolute atomic E-state index is 13.7. The first-order valence-corrected chi connectivity index (χ1v) is 7.94. The van der Waals surface area contributed by atoms with E-state index in [0.29, 0.717) is 30.0 Å². The van der Waals surface area contributed by atoms with Crippen molar-refractivity contribution in [3.8, 4) is 5.75 Å². The second-order valence-electron chi connectivity index (χ2n) is 5.84. The van der Waals surface area contributed by atoms with Crippen LogP contribution < -0.4 is 10.1 Å². The summed E-state index contributed by atoms with van der Waals surface area (Å²) in [5.41, 5.74) is 1.12. The third-order valence-corrected chi connectivity index (χ3v) is 4.23. The highest BCUT2D eigenvalue weighted by Gasteiger charge is 2.27. The van der Waals surface area contributed by atoms with Crippen molar-refractivity contribution in [3.63, 3.8) is 0 Å². The fourth-order valence-electron chi connectivity index (χ4n) is 3.12. The highest BCUT2D eigenvalue weighted by atomic mass is 19.1. The molecule has 0 radical (unpaired) electrons. The van der Waals surface area contributed by atoms with Gasteiger partial charge in [0.25, 0.3) is 0 Å². The minimum Gasteiger partial charge on any atom is -0.493 e. The lowest BCUT2D eigenvalue weighted by atomic mass is 10.0. The summed E-state index contributed by atoms with van der Waals surface area (Å²) in [4.78, 5) is 15.4. The third-order valence-electron chi connectivity index (χ3n) is 4.23. The summed E-state index contributed by atoms with van der Waals surface area (Å²) in [5.74, 6) is 0.236. The van der Waals surface area contributed by atoms with Crippen molar-refractivity contribution < 1.29 is 14.1 Å². The molecule has 1 aliphatic rings. The molecule has 0 saturated carbocycles. The van der Waals surface area contributed by atoms with Crippen LogP contribution in [0.15, 0.2) is 42.6 Å². The molecule has 1 atom stereocenters. The number of anilines is 1. The zero-order valence-electron chi connectivity index (χ0n) is 13.2. The number of hydrogen-bond acceptors (Lipinski definition) is 5. The highest BCUT2D eigenvalue weighted by molar-refractivity contribution is 5.63. The lowest BCUT2D eigenvalue weighted by Crippen LogP contribution is -2.12. The first-order valence-electron chi connectivity index (χ1n) is 7.94. The van der Waals surface area contributed by atoms with Crippen LogP contribution >= 0.6 is 0 Å². The van der Waals surface area contributed by atoms with E-state index in [2.05, 4.69) is 10.3 Å². The number of halogens is 1. The molecule has 128 valence electrons. The van der Waals surface area contributed by atoms with Crippen molar-refractivity contribution in [2.24, 2.45) is 0 Å². The number of aromatic nitrogens is 2. The standard InChI is InChI=1S/C17H15FN4O3/c18-11-6-7-14-12(10-11)13(4-3-9-25-14)19-16-17(22(23)24)21-8-2-1-5-15(21)20-16/h1-2,5-8,10,13,19H,3-4,9H2. The number of imidazole rings is 1. The molecule has 1 N–H and O–H groups in total. The summed E-state index contributed by atoms with van der Waals surface area (Å²) < 4.78 is 20.8. The Bertz CT molecular complexity index is 956. The summed E-state index contributed by atoms with van der Waals surface area (Å²) in [5, 5.41) is 14.6. The molecule has 7 nitrogen and oxygen atoms in total. The van der Waals surface area contributed by atoms with Gasteiger partial charge in [-0.15, -0.1) is 0 Å². The predicted octanol–water partition coefficient (Wildman–Crippen LogP) is 3.71. The number of hydrogen-bond donors (Lipinski definition) is 1. The molecule has 4 rings (SSSR count). The topological polar surface area (TPSA) is 81.7 Å². The van der Waals surface area contributed by atoms with Gasteiger partial charge in [0.15, 0.2) is 0 Å². The van der Waals surface area contributed by atoms with E-state index in [-0.39, 0.29) is 23.5 Å². The highest BCUT2D eigenvalue weighted by Crippen LogP contribution is 2.36. The quantitative estimate of drug-likeness (QED) is 0.580. The number of fused-ring (bicyclic) bond motifs is 2. The molecule has 3 heterocycles. The van der Waals surface area contributed by atoms with Crippen LogP contribution in [-0.4, -0.2) is 20.9 Å². The summed E-state index contributed by atoms with van der Waals surface area (Å²) in [6.07, 6.45) is 2.99. The van der Waals surface area contributed by atoms with Gasteiger partial charge in [0.05, 0.1) is 18.8 Å². The number of nitrogens with zero attached hydrogens (tertiary/aromatic N) is 3. The first-order chi connectivity index (χ1) is 12.1. The summed E-state index contributed by atoms with van der Waals surface area (Å²) >= 11 is 0. The van der Waals surface area contributed by atoms with Crippen molar-refractivity contribution in [3.05, 3.63) is 64.1 Å². The monoisotopic (exact) mass is 342 g/mol. The second-order valence-corrected chi connectivity index (χ2v) is 5.84. The van der Waals surface area contributed by atoms with Crippen molar-refractivity contribution >= 4 is 17.3 Å². The van der Waals surface area contributed by atoms with Gasteiger partial charge >= 0.3 is 5.82 Å². The number of nitrogens with one attached hydrogen (secondary N) is 1. The van der Waals surface area contributed by atoms with Crippen LogP contribution in [0.3, 0.4) is 0 Å². The molecule has 25 heavy (non-hydrogen) atoms. The molecule has 0 aliphatic carbocycles. The van der Waals surface area contributed by atoms with Gasteiger partial charge in [0, 0.05) is 11.6 Å². The van der Waals surface area contributed by atoms with Crippen LogP contribution in [-0.2, 0) is 0 Å². The average Bonchev–Trinajstić information content (AvgIpc) is 2.85. The Morgan fingerprint density at radius 1 is 1.36 bits per heavy atom. The normalized spacial score (nSPS) is 16.8. The van der Waals surface area contributed by atoms with Crippen LogP contribution in [0, 0.1) is 15.9 Å². The number of pyridine rings is 1. The van der Waals surface area contributed by atoms with Crippen LogP contribution in [0.5, 0.6) is 5.75 Å². The number of benzene rings is 1. The summed E-state index contributed by atoms with van der Waals surface area (Å²) in [7, 11) is 0. The number of nitro groups is 1. The van der Waals surface area contributed by atoms with Gasteiger partial charge in [-0.3, -0.25) is 0 Å². The largest absolute Gasteiger partial charge is 0.493 e. The smallest absolute Gasteiger partial charge is 0.372 e. The van der Waals surface area contributed by atoms with Gasteiger partial charge in [0.1, 0.15) is 11.6 Å². The SMILES string of the molecule is O=[N+]([O-])c1c(NC2CCCOc3ccc(F)cc32)nc2ccccn12. The molecule has 1 unspecified atom stereocenters. The molecule has 1 aliphatic heterocycles. The Balaban J connectivity index is 1.78. The predicted molar refractivity (Wildman–Crippen MR) is 89.3 cm³/mol. The Kier molecular flexibility index (Phi) is 3.72. The van der Waals surface area contributed by atoms with E-state index in [9.17, 15) is 14.5 Å². The van der Waals surface area contributed by atoms with Crippen LogP contribution in [0.4, 0.5) is 16.0 Å². The van der Waals surface area contributed by atoms with Crippen molar-refractivity contribution in [2.75, 3.05) is 11.9 Å². The zero-order chi connectivity index (χ0) is 17.4. The van der Waals surface area contributed by atoms with Crippen LogP contribution in [0.25, 0.3) is 5.65 Å². The molecule has 8 heteroatoms. The molecule has 0 amide bonds. The van der Waals surface area contributed by atoms with E-state index in [4.69, 9.17) is 4.74 Å². The van der Waals surface area contributed by atoms with Gasteiger partial charge in [-0.1, -0.05) is 6.07 Å². The molecule has 2 aromatic heterocycles. The Morgan fingerprint density at radius 3 is 3.08 bits per heavy atom. The van der Waals surface area contributed by atoms with Gasteiger partial charge in [0.2, 0.25) is 11.5 Å². The Morgan fingerprint density at radius 2 is 2.24 bits per heavy atom. The van der Waals surface area contributed by atoms with Crippen molar-refractivity contribution in [1.29, 1.82) is 0 Å². The third kappa shape index (κ3) is 2.75. The van der Waals surface area contributed by atoms with E-state index >= 15 is 0 Å². The minimum atomic E-state index is -0.470. The molecule has 0 spiro atoms. The lowest BCUT2D eigenvalue weighted by Gasteiger charge is -2.18. The Hall–Kier alpha value is -3.16. The molecular formula is C17H15FN4O3. The number of rotatable bonds is 3. The summed E-state index contributed by atoms with van der Waals surface area (Å²) in [6, 6.07) is 9.17. The van der Waals surface area contributed by atoms with E-state index < -0.39 is 4.92 Å². The van der Waals surface area contributed by atoms with Gasteiger partial charge in [-0.25, -0.2) is 4.39 Å².